The molecule has 18 heavy (non-hydrogen) atoms. The van der Waals surface area contributed by atoms with Crippen molar-refractivity contribution in [1.29, 1.82) is 0 Å². The molecule has 0 spiro atoms. The normalized spacial score (nSPS) is 18.7. The Morgan fingerprint density at radius 2 is 1.78 bits per heavy atom. The Bertz CT molecular complexity index is 412. The van der Waals surface area contributed by atoms with Gasteiger partial charge in [0.05, 0.1) is 5.25 Å². The molecule has 1 rings (SSSR count). The van der Waals surface area contributed by atoms with Crippen LogP contribution in [0.1, 0.15) is 38.5 Å². The highest BCUT2D eigenvalue weighted by atomic mass is 32.2. The molecule has 0 heterocycles. The lowest BCUT2D eigenvalue weighted by Gasteiger charge is -2.17. The first-order valence-corrected chi connectivity index (χ1v) is 7.33. The predicted molar refractivity (Wildman–Crippen MR) is 62.6 cm³/mol. The second-order valence-corrected chi connectivity index (χ2v) is 6.38. The van der Waals surface area contributed by atoms with Gasteiger partial charge in [-0.25, -0.2) is 13.1 Å². The first kappa shape index (κ1) is 14.9. The SMILES string of the molecule is O=C(O)CCC(NS(=O)(=O)C1CCCC1)C(=O)O. The van der Waals surface area contributed by atoms with Gasteiger partial charge >= 0.3 is 11.9 Å². The molecule has 0 aromatic heterocycles. The lowest BCUT2D eigenvalue weighted by Crippen LogP contribution is -2.44. The van der Waals surface area contributed by atoms with Crippen molar-refractivity contribution >= 4 is 22.0 Å². The summed E-state index contributed by atoms with van der Waals surface area (Å²) in [6, 6.07) is -1.37. The molecule has 0 radical (unpaired) electrons. The fraction of sp³-hybridized carbons (Fsp3) is 0.800. The lowest BCUT2D eigenvalue weighted by atomic mass is 10.2. The Morgan fingerprint density at radius 3 is 2.22 bits per heavy atom. The lowest BCUT2D eigenvalue weighted by molar-refractivity contribution is -0.140. The largest absolute Gasteiger partial charge is 0.481 e. The zero-order valence-electron chi connectivity index (χ0n) is 9.83. The van der Waals surface area contributed by atoms with Crippen molar-refractivity contribution in [3.63, 3.8) is 0 Å². The van der Waals surface area contributed by atoms with Crippen LogP contribution in [0.15, 0.2) is 0 Å². The fourth-order valence-electron chi connectivity index (χ4n) is 1.99. The van der Waals surface area contributed by atoms with E-state index in [2.05, 4.69) is 4.72 Å². The van der Waals surface area contributed by atoms with Gasteiger partial charge in [0.2, 0.25) is 10.0 Å². The van der Waals surface area contributed by atoms with Gasteiger partial charge in [-0.3, -0.25) is 9.59 Å². The summed E-state index contributed by atoms with van der Waals surface area (Å²) < 4.78 is 25.8. The van der Waals surface area contributed by atoms with E-state index in [1.165, 1.54) is 0 Å². The van der Waals surface area contributed by atoms with Crippen LogP contribution in [0.25, 0.3) is 0 Å². The van der Waals surface area contributed by atoms with E-state index in [0.717, 1.165) is 12.8 Å². The van der Waals surface area contributed by atoms with Crippen molar-refractivity contribution in [2.24, 2.45) is 0 Å². The number of hydrogen-bond acceptors (Lipinski definition) is 4. The fourth-order valence-corrected chi connectivity index (χ4v) is 3.76. The molecule has 1 fully saturated rings. The van der Waals surface area contributed by atoms with Crippen LogP contribution in [0.2, 0.25) is 0 Å². The van der Waals surface area contributed by atoms with Gasteiger partial charge < -0.3 is 10.2 Å². The van der Waals surface area contributed by atoms with Gasteiger partial charge in [0, 0.05) is 6.42 Å². The van der Waals surface area contributed by atoms with Gasteiger partial charge in [-0.2, -0.15) is 0 Å². The molecule has 1 aliphatic carbocycles. The second kappa shape index (κ2) is 6.14. The molecule has 0 bridgehead atoms. The first-order chi connectivity index (χ1) is 8.33. The molecule has 8 heteroatoms. The third kappa shape index (κ3) is 4.26. The number of nitrogens with one attached hydrogen (secondary N) is 1. The van der Waals surface area contributed by atoms with Gasteiger partial charge in [-0.1, -0.05) is 12.8 Å². The van der Waals surface area contributed by atoms with Crippen LogP contribution in [-0.2, 0) is 19.6 Å². The highest BCUT2D eigenvalue weighted by molar-refractivity contribution is 7.90. The van der Waals surface area contributed by atoms with Crippen LogP contribution in [0.5, 0.6) is 0 Å². The maximum atomic E-state index is 11.9. The summed E-state index contributed by atoms with van der Waals surface area (Å²) in [6.45, 7) is 0. The summed E-state index contributed by atoms with van der Waals surface area (Å²) >= 11 is 0. The van der Waals surface area contributed by atoms with Crippen molar-refractivity contribution in [3.8, 4) is 0 Å². The maximum Gasteiger partial charge on any atom is 0.321 e. The Labute approximate surface area is 105 Å². The van der Waals surface area contributed by atoms with Crippen molar-refractivity contribution < 1.29 is 28.2 Å². The number of carboxylic acids is 2. The van der Waals surface area contributed by atoms with Gasteiger partial charge in [0.15, 0.2) is 0 Å². The molecule has 1 atom stereocenters. The van der Waals surface area contributed by atoms with E-state index in [-0.39, 0.29) is 12.8 Å². The van der Waals surface area contributed by atoms with E-state index in [1.54, 1.807) is 0 Å². The van der Waals surface area contributed by atoms with E-state index in [4.69, 9.17) is 10.2 Å². The summed E-state index contributed by atoms with van der Waals surface area (Å²) in [5.74, 6) is -2.50. The van der Waals surface area contributed by atoms with Crippen LogP contribution in [-0.4, -0.2) is 41.9 Å². The predicted octanol–water partition coefficient (Wildman–Crippen LogP) is 0.166. The summed E-state index contributed by atoms with van der Waals surface area (Å²) in [6.07, 6.45) is 2.05. The topological polar surface area (TPSA) is 121 Å². The molecule has 0 aliphatic heterocycles. The zero-order valence-corrected chi connectivity index (χ0v) is 10.6. The van der Waals surface area contributed by atoms with Crippen molar-refractivity contribution in [2.75, 3.05) is 0 Å². The van der Waals surface area contributed by atoms with Crippen molar-refractivity contribution in [1.82, 2.24) is 4.72 Å². The summed E-state index contributed by atoms with van der Waals surface area (Å²) in [5.41, 5.74) is 0. The van der Waals surface area contributed by atoms with Crippen LogP contribution in [0, 0.1) is 0 Å². The molecule has 3 N–H and O–H groups in total. The van der Waals surface area contributed by atoms with Crippen LogP contribution >= 0.6 is 0 Å². The monoisotopic (exact) mass is 279 g/mol. The zero-order chi connectivity index (χ0) is 13.8. The molecular weight excluding hydrogens is 262 g/mol. The van der Waals surface area contributed by atoms with Crippen molar-refractivity contribution in [2.45, 2.75) is 49.8 Å². The average Bonchev–Trinajstić information content (AvgIpc) is 2.77. The van der Waals surface area contributed by atoms with E-state index >= 15 is 0 Å². The van der Waals surface area contributed by atoms with Gasteiger partial charge in [-0.05, 0) is 19.3 Å². The third-order valence-corrected chi connectivity index (χ3v) is 4.95. The molecule has 0 saturated heterocycles. The van der Waals surface area contributed by atoms with Crippen LogP contribution in [0.4, 0.5) is 0 Å². The van der Waals surface area contributed by atoms with Gasteiger partial charge in [-0.15, -0.1) is 0 Å². The molecule has 7 nitrogen and oxygen atoms in total. The Balaban J connectivity index is 2.64. The number of hydrogen-bond donors (Lipinski definition) is 3. The van der Waals surface area contributed by atoms with Crippen molar-refractivity contribution in [3.05, 3.63) is 0 Å². The second-order valence-electron chi connectivity index (χ2n) is 4.39. The molecule has 1 saturated carbocycles. The number of carboxylic acid groups (broad SMARTS) is 2. The standard InChI is InChI=1S/C10H17NO6S/c12-9(13)6-5-8(10(14)15)11-18(16,17)7-3-1-2-4-7/h7-8,11H,1-6H2,(H,12,13)(H,14,15). The molecule has 1 unspecified atom stereocenters. The summed E-state index contributed by atoms with van der Waals surface area (Å²) in [4.78, 5) is 21.3. The van der Waals surface area contributed by atoms with Crippen LogP contribution < -0.4 is 4.72 Å². The average molecular weight is 279 g/mol. The van der Waals surface area contributed by atoms with Gasteiger partial charge in [0.1, 0.15) is 6.04 Å². The minimum absolute atomic E-state index is 0.253. The molecule has 0 amide bonds. The Hall–Kier alpha value is -1.15. The van der Waals surface area contributed by atoms with Crippen LogP contribution in [0.3, 0.4) is 0 Å². The smallest absolute Gasteiger partial charge is 0.321 e. The molecule has 0 aromatic carbocycles. The minimum Gasteiger partial charge on any atom is -0.481 e. The highest BCUT2D eigenvalue weighted by Gasteiger charge is 2.32. The highest BCUT2D eigenvalue weighted by Crippen LogP contribution is 2.24. The number of rotatable bonds is 7. The summed E-state index contributed by atoms with van der Waals surface area (Å²) in [7, 11) is -3.68. The third-order valence-electron chi connectivity index (χ3n) is 2.99. The molecule has 0 aromatic rings. The van der Waals surface area contributed by atoms with E-state index in [1.807, 2.05) is 0 Å². The van der Waals surface area contributed by atoms with Gasteiger partial charge in [0.25, 0.3) is 0 Å². The molecule has 104 valence electrons. The number of sulfonamides is 1. The summed E-state index contributed by atoms with van der Waals surface area (Å²) in [5, 5.41) is 16.8. The first-order valence-electron chi connectivity index (χ1n) is 5.78. The molecular formula is C10H17NO6S. The minimum atomic E-state index is -3.68. The number of carbonyl (C=O) groups is 2. The molecule has 1 aliphatic rings. The van der Waals surface area contributed by atoms with E-state index < -0.39 is 33.3 Å². The Morgan fingerprint density at radius 1 is 1.22 bits per heavy atom. The quantitative estimate of drug-likeness (QED) is 0.610. The maximum absolute atomic E-state index is 11.9. The van der Waals surface area contributed by atoms with E-state index in [9.17, 15) is 18.0 Å². The van der Waals surface area contributed by atoms with E-state index in [0.29, 0.717) is 12.8 Å². The Kier molecular flexibility index (Phi) is 5.09. The number of aliphatic carboxylic acids is 2.